The summed E-state index contributed by atoms with van der Waals surface area (Å²) in [4.78, 5) is 2.34. The van der Waals surface area contributed by atoms with E-state index in [1.165, 1.54) is 0 Å². The van der Waals surface area contributed by atoms with Gasteiger partial charge in [-0.25, -0.2) is 0 Å². The Labute approximate surface area is 88.1 Å². The fraction of sp³-hybridized carbons (Fsp3) is 0.909. The Kier molecular flexibility index (Phi) is 7.45. The molecule has 0 aromatic rings. The molecular weight excluding hydrogens is 174 g/mol. The maximum absolute atomic E-state index is 8.90. The number of nitrogens with one attached hydrogen (secondary N) is 1. The van der Waals surface area contributed by atoms with Gasteiger partial charge in [-0.15, -0.1) is 0 Å². The van der Waals surface area contributed by atoms with Gasteiger partial charge in [0, 0.05) is 12.6 Å². The predicted octanol–water partition coefficient (Wildman–Crippen LogP) is 1.61. The Morgan fingerprint density at radius 1 is 1.29 bits per heavy atom. The van der Waals surface area contributed by atoms with E-state index in [4.69, 9.17) is 5.26 Å². The third-order valence-electron chi connectivity index (χ3n) is 2.32. The van der Waals surface area contributed by atoms with E-state index >= 15 is 0 Å². The third-order valence-corrected chi connectivity index (χ3v) is 2.32. The van der Waals surface area contributed by atoms with Gasteiger partial charge in [0.15, 0.2) is 0 Å². The van der Waals surface area contributed by atoms with Crippen LogP contribution in [0.25, 0.3) is 0 Å². The van der Waals surface area contributed by atoms with Gasteiger partial charge in [0.2, 0.25) is 0 Å². The Bertz CT molecular complexity index is 168. The molecule has 0 aliphatic heterocycles. The maximum Gasteiger partial charge on any atom is 0.0967 e. The summed E-state index contributed by atoms with van der Waals surface area (Å²) in [5.41, 5.74) is 0. The predicted molar refractivity (Wildman–Crippen MR) is 60.1 cm³/mol. The van der Waals surface area contributed by atoms with Gasteiger partial charge in [-0.05, 0) is 33.4 Å². The molecule has 0 amide bonds. The van der Waals surface area contributed by atoms with Crippen molar-refractivity contribution >= 4 is 0 Å². The van der Waals surface area contributed by atoms with Crippen LogP contribution in [0.15, 0.2) is 0 Å². The van der Waals surface area contributed by atoms with Crippen LogP contribution < -0.4 is 5.32 Å². The largest absolute Gasteiger partial charge is 0.304 e. The molecule has 3 heteroatoms. The third kappa shape index (κ3) is 5.95. The zero-order chi connectivity index (χ0) is 11.0. The molecule has 0 aliphatic carbocycles. The summed E-state index contributed by atoms with van der Waals surface area (Å²) in [5, 5.41) is 12.1. The fourth-order valence-electron chi connectivity index (χ4n) is 1.44. The van der Waals surface area contributed by atoms with Crippen molar-refractivity contribution in [3.63, 3.8) is 0 Å². The van der Waals surface area contributed by atoms with Crippen LogP contribution in [-0.2, 0) is 0 Å². The van der Waals surface area contributed by atoms with Gasteiger partial charge in [-0.1, -0.05) is 13.8 Å². The van der Waals surface area contributed by atoms with Gasteiger partial charge in [0.1, 0.15) is 0 Å². The zero-order valence-corrected chi connectivity index (χ0v) is 9.88. The summed E-state index contributed by atoms with van der Waals surface area (Å²) in [7, 11) is 0. The summed E-state index contributed by atoms with van der Waals surface area (Å²) in [6.07, 6.45) is 0.913. The van der Waals surface area contributed by atoms with Crippen molar-refractivity contribution in [2.75, 3.05) is 19.6 Å². The molecule has 1 unspecified atom stereocenters. The first-order valence-electron chi connectivity index (χ1n) is 5.52. The lowest BCUT2D eigenvalue weighted by Crippen LogP contribution is -2.37. The molecule has 0 radical (unpaired) electrons. The van der Waals surface area contributed by atoms with Crippen molar-refractivity contribution in [1.29, 1.82) is 5.26 Å². The summed E-state index contributed by atoms with van der Waals surface area (Å²) < 4.78 is 0. The van der Waals surface area contributed by atoms with Gasteiger partial charge < -0.3 is 4.90 Å². The maximum atomic E-state index is 8.90. The van der Waals surface area contributed by atoms with Gasteiger partial charge in [0.05, 0.1) is 12.1 Å². The van der Waals surface area contributed by atoms with Crippen molar-refractivity contribution in [2.24, 2.45) is 0 Å². The fourth-order valence-corrected chi connectivity index (χ4v) is 1.44. The molecule has 0 bridgehead atoms. The van der Waals surface area contributed by atoms with E-state index in [0.717, 1.165) is 26.1 Å². The van der Waals surface area contributed by atoms with Crippen molar-refractivity contribution in [1.82, 2.24) is 10.2 Å². The number of hydrogen-bond donors (Lipinski definition) is 1. The van der Waals surface area contributed by atoms with E-state index in [9.17, 15) is 0 Å². The molecule has 82 valence electrons. The second-order valence-corrected chi connectivity index (χ2v) is 3.82. The van der Waals surface area contributed by atoms with E-state index < -0.39 is 0 Å². The Balaban J connectivity index is 3.78. The quantitative estimate of drug-likeness (QED) is 0.674. The van der Waals surface area contributed by atoms with Crippen molar-refractivity contribution in [2.45, 2.75) is 46.2 Å². The normalized spacial score (nSPS) is 13.2. The zero-order valence-electron chi connectivity index (χ0n) is 9.88. The summed E-state index contributed by atoms with van der Waals surface area (Å²) in [5.74, 6) is 0. The SMILES string of the molecule is CCN(CC)CCC(C#N)NC(C)C. The Hall–Kier alpha value is -0.590. The summed E-state index contributed by atoms with van der Waals surface area (Å²) in [6.45, 7) is 11.6. The minimum absolute atomic E-state index is 0.00407. The molecule has 1 atom stereocenters. The standard InChI is InChI=1S/C11H23N3/c1-5-14(6-2)8-7-11(9-12)13-10(3)4/h10-11,13H,5-8H2,1-4H3. The Morgan fingerprint density at radius 2 is 1.86 bits per heavy atom. The lowest BCUT2D eigenvalue weighted by atomic mass is 10.2. The van der Waals surface area contributed by atoms with Crippen LogP contribution >= 0.6 is 0 Å². The number of nitrogens with zero attached hydrogens (tertiary/aromatic N) is 2. The van der Waals surface area contributed by atoms with E-state index in [0.29, 0.717) is 6.04 Å². The molecule has 3 nitrogen and oxygen atoms in total. The molecule has 0 aromatic carbocycles. The summed E-state index contributed by atoms with van der Waals surface area (Å²) >= 11 is 0. The second-order valence-electron chi connectivity index (χ2n) is 3.82. The highest BCUT2D eigenvalue weighted by Gasteiger charge is 2.09. The molecule has 0 fully saturated rings. The van der Waals surface area contributed by atoms with E-state index in [2.05, 4.69) is 44.0 Å². The topological polar surface area (TPSA) is 39.1 Å². The average Bonchev–Trinajstić information content (AvgIpc) is 2.17. The molecule has 0 aromatic heterocycles. The molecule has 0 aliphatic rings. The van der Waals surface area contributed by atoms with Crippen LogP contribution in [0.4, 0.5) is 0 Å². The second kappa shape index (κ2) is 7.78. The van der Waals surface area contributed by atoms with Gasteiger partial charge in [-0.2, -0.15) is 5.26 Å². The van der Waals surface area contributed by atoms with Crippen molar-refractivity contribution in [3.05, 3.63) is 0 Å². The van der Waals surface area contributed by atoms with Crippen LogP contribution in [0.1, 0.15) is 34.1 Å². The van der Waals surface area contributed by atoms with Crippen LogP contribution in [0.2, 0.25) is 0 Å². The first kappa shape index (κ1) is 13.4. The van der Waals surface area contributed by atoms with E-state index in [1.807, 2.05) is 0 Å². The van der Waals surface area contributed by atoms with Crippen LogP contribution in [0.3, 0.4) is 0 Å². The smallest absolute Gasteiger partial charge is 0.0967 e. The van der Waals surface area contributed by atoms with Crippen LogP contribution in [-0.4, -0.2) is 36.6 Å². The van der Waals surface area contributed by atoms with Crippen LogP contribution in [0, 0.1) is 11.3 Å². The van der Waals surface area contributed by atoms with Gasteiger partial charge >= 0.3 is 0 Å². The minimum atomic E-state index is -0.00407. The molecule has 0 saturated heterocycles. The van der Waals surface area contributed by atoms with Crippen LogP contribution in [0.5, 0.6) is 0 Å². The molecular formula is C11H23N3. The number of hydrogen-bond acceptors (Lipinski definition) is 3. The van der Waals surface area contributed by atoms with E-state index in [1.54, 1.807) is 0 Å². The van der Waals surface area contributed by atoms with Gasteiger partial charge in [-0.3, -0.25) is 5.32 Å². The lowest BCUT2D eigenvalue weighted by Gasteiger charge is -2.21. The van der Waals surface area contributed by atoms with E-state index in [-0.39, 0.29) is 6.04 Å². The lowest BCUT2D eigenvalue weighted by molar-refractivity contribution is 0.288. The molecule has 0 spiro atoms. The van der Waals surface area contributed by atoms with Crippen molar-refractivity contribution in [3.8, 4) is 6.07 Å². The average molecular weight is 197 g/mol. The molecule has 0 heterocycles. The monoisotopic (exact) mass is 197 g/mol. The minimum Gasteiger partial charge on any atom is -0.304 e. The highest BCUT2D eigenvalue weighted by Crippen LogP contribution is 1.97. The molecule has 0 saturated carbocycles. The molecule has 0 rings (SSSR count). The van der Waals surface area contributed by atoms with Crippen molar-refractivity contribution < 1.29 is 0 Å². The summed E-state index contributed by atoms with van der Waals surface area (Å²) in [6, 6.07) is 2.68. The van der Waals surface area contributed by atoms with Gasteiger partial charge in [0.25, 0.3) is 0 Å². The first-order valence-corrected chi connectivity index (χ1v) is 5.52. The molecule has 14 heavy (non-hydrogen) atoms. The number of nitriles is 1. The number of rotatable bonds is 7. The molecule has 1 N–H and O–H groups in total. The highest BCUT2D eigenvalue weighted by molar-refractivity contribution is 4.90. The first-order chi connectivity index (χ1) is 6.63. The Morgan fingerprint density at radius 3 is 2.21 bits per heavy atom. The highest BCUT2D eigenvalue weighted by atomic mass is 15.1.